The van der Waals surface area contributed by atoms with E-state index in [9.17, 15) is 0 Å². The molecule has 30 heavy (non-hydrogen) atoms. The maximum atomic E-state index is 4.78. The monoisotopic (exact) mass is 401 g/mol. The van der Waals surface area contributed by atoms with Gasteiger partial charge in [0.1, 0.15) is 5.82 Å². The molecule has 0 aliphatic carbocycles. The van der Waals surface area contributed by atoms with Gasteiger partial charge in [0.15, 0.2) is 0 Å². The highest BCUT2D eigenvalue weighted by molar-refractivity contribution is 5.80. The van der Waals surface area contributed by atoms with Crippen LogP contribution in [-0.2, 0) is 13.6 Å². The number of aromatic nitrogens is 6. The van der Waals surface area contributed by atoms with Gasteiger partial charge in [0.2, 0.25) is 0 Å². The molecule has 0 saturated carbocycles. The summed E-state index contributed by atoms with van der Waals surface area (Å²) in [7, 11) is 1.96. The Balaban J connectivity index is 1.24. The third-order valence-corrected chi connectivity index (χ3v) is 6.34. The van der Waals surface area contributed by atoms with Crippen molar-refractivity contribution in [3.8, 4) is 11.3 Å². The predicted octanol–water partition coefficient (Wildman–Crippen LogP) is 3.75. The second kappa shape index (κ2) is 7.65. The number of nitrogens with zero attached hydrogens (tertiary/aromatic N) is 6. The zero-order valence-corrected chi connectivity index (χ0v) is 17.8. The minimum absolute atomic E-state index is 0.513. The Bertz CT molecular complexity index is 1180. The van der Waals surface area contributed by atoms with Crippen molar-refractivity contribution in [3.05, 3.63) is 59.4 Å². The van der Waals surface area contributed by atoms with E-state index in [2.05, 4.69) is 52.2 Å². The van der Waals surface area contributed by atoms with Crippen LogP contribution in [0.4, 0.5) is 0 Å². The lowest BCUT2D eigenvalue weighted by atomic mass is 9.93. The van der Waals surface area contributed by atoms with E-state index in [-0.39, 0.29) is 0 Å². The van der Waals surface area contributed by atoms with E-state index in [4.69, 9.17) is 9.97 Å². The number of hydrogen-bond acceptors (Lipinski definition) is 5. The van der Waals surface area contributed by atoms with E-state index in [1.807, 2.05) is 30.1 Å². The summed E-state index contributed by atoms with van der Waals surface area (Å²) in [5, 5.41) is 13.3. The van der Waals surface area contributed by atoms with Gasteiger partial charge >= 0.3 is 0 Å². The largest absolute Gasteiger partial charge is 0.296 e. The predicted molar refractivity (Wildman–Crippen MR) is 117 cm³/mol. The number of hydrogen-bond donors (Lipinski definition) is 1. The van der Waals surface area contributed by atoms with Crippen molar-refractivity contribution >= 4 is 10.9 Å². The van der Waals surface area contributed by atoms with Crippen LogP contribution in [-0.4, -0.2) is 47.9 Å². The van der Waals surface area contributed by atoms with E-state index in [0.29, 0.717) is 5.92 Å². The average Bonchev–Trinajstić information content (AvgIpc) is 3.36. The van der Waals surface area contributed by atoms with Crippen molar-refractivity contribution in [2.75, 3.05) is 13.1 Å². The summed E-state index contributed by atoms with van der Waals surface area (Å²) < 4.78 is 1.89. The third kappa shape index (κ3) is 3.50. The minimum atomic E-state index is 0.513. The average molecular weight is 402 g/mol. The molecular weight excluding hydrogens is 374 g/mol. The number of likely N-dealkylation sites (tertiary alicyclic amines) is 1. The second-order valence-corrected chi connectivity index (χ2v) is 8.27. The molecule has 1 aliphatic rings. The van der Waals surface area contributed by atoms with Gasteiger partial charge in [-0.25, -0.2) is 9.97 Å². The SMILES string of the molecule is Cc1nc(CN2CCC(c3cc(-c4cnn(C)c4C)n[nH]3)CC2)nc2ccccc12. The smallest absolute Gasteiger partial charge is 0.143 e. The molecule has 1 aromatic carbocycles. The van der Waals surface area contributed by atoms with Crippen LogP contribution in [0, 0.1) is 13.8 Å². The van der Waals surface area contributed by atoms with Crippen molar-refractivity contribution in [1.82, 2.24) is 34.8 Å². The van der Waals surface area contributed by atoms with Crippen LogP contribution < -0.4 is 0 Å². The summed E-state index contributed by atoms with van der Waals surface area (Å²) in [5.41, 5.74) is 6.53. The highest BCUT2D eigenvalue weighted by atomic mass is 15.3. The molecule has 1 aliphatic heterocycles. The fraction of sp³-hybridized carbons (Fsp3) is 0.391. The van der Waals surface area contributed by atoms with Gasteiger partial charge in [-0.05, 0) is 51.9 Å². The number of benzene rings is 1. The van der Waals surface area contributed by atoms with Crippen LogP contribution in [0.1, 0.15) is 41.7 Å². The molecule has 154 valence electrons. The van der Waals surface area contributed by atoms with Crippen LogP contribution >= 0.6 is 0 Å². The fourth-order valence-electron chi connectivity index (χ4n) is 4.40. The Morgan fingerprint density at radius 2 is 1.90 bits per heavy atom. The maximum Gasteiger partial charge on any atom is 0.143 e. The minimum Gasteiger partial charge on any atom is -0.296 e. The van der Waals surface area contributed by atoms with Gasteiger partial charge in [-0.15, -0.1) is 0 Å². The number of piperidine rings is 1. The summed E-state index contributed by atoms with van der Waals surface area (Å²) in [4.78, 5) is 12.0. The Kier molecular flexibility index (Phi) is 4.83. The zero-order valence-electron chi connectivity index (χ0n) is 17.8. The van der Waals surface area contributed by atoms with E-state index in [0.717, 1.165) is 71.8 Å². The Hall–Kier alpha value is -3.06. The summed E-state index contributed by atoms with van der Waals surface area (Å²) in [5.74, 6) is 1.43. The number of para-hydroxylation sites is 1. The first-order valence-electron chi connectivity index (χ1n) is 10.6. The summed E-state index contributed by atoms with van der Waals surface area (Å²) >= 11 is 0. The number of aromatic amines is 1. The first kappa shape index (κ1) is 18.9. The third-order valence-electron chi connectivity index (χ3n) is 6.34. The first-order valence-corrected chi connectivity index (χ1v) is 10.6. The molecule has 0 spiro atoms. The van der Waals surface area contributed by atoms with Crippen molar-refractivity contribution in [2.24, 2.45) is 7.05 Å². The van der Waals surface area contributed by atoms with E-state index >= 15 is 0 Å². The van der Waals surface area contributed by atoms with Gasteiger partial charge in [-0.3, -0.25) is 14.7 Å². The standard InChI is InChI=1S/C23H27N7/c1-15-18-6-4-5-7-20(18)26-23(25-15)14-30-10-8-17(9-11-30)21-12-22(28-27-21)19-13-24-29(3)16(19)2/h4-7,12-13,17H,8-11,14H2,1-3H3,(H,27,28). The lowest BCUT2D eigenvalue weighted by Crippen LogP contribution is -2.33. The molecule has 0 radical (unpaired) electrons. The molecule has 4 aromatic rings. The first-order chi connectivity index (χ1) is 14.6. The van der Waals surface area contributed by atoms with Crippen LogP contribution in [0.5, 0.6) is 0 Å². The molecule has 1 fully saturated rings. The highest BCUT2D eigenvalue weighted by Gasteiger charge is 2.23. The quantitative estimate of drug-likeness (QED) is 0.564. The fourth-order valence-corrected chi connectivity index (χ4v) is 4.40. The Labute approximate surface area is 176 Å². The van der Waals surface area contributed by atoms with Crippen molar-refractivity contribution in [3.63, 3.8) is 0 Å². The molecule has 4 heterocycles. The number of fused-ring (bicyclic) bond motifs is 1. The van der Waals surface area contributed by atoms with Crippen LogP contribution in [0.15, 0.2) is 36.5 Å². The summed E-state index contributed by atoms with van der Waals surface area (Å²) in [6, 6.07) is 10.4. The maximum absolute atomic E-state index is 4.78. The number of rotatable bonds is 4. The van der Waals surface area contributed by atoms with Gasteiger partial charge in [0, 0.05) is 41.0 Å². The van der Waals surface area contributed by atoms with Crippen molar-refractivity contribution in [1.29, 1.82) is 0 Å². The van der Waals surface area contributed by atoms with Gasteiger partial charge < -0.3 is 0 Å². The molecule has 7 heteroatoms. The van der Waals surface area contributed by atoms with E-state index in [1.54, 1.807) is 0 Å². The van der Waals surface area contributed by atoms with Gasteiger partial charge in [0.25, 0.3) is 0 Å². The summed E-state index contributed by atoms with van der Waals surface area (Å²) in [6.45, 7) is 7.03. The Morgan fingerprint density at radius 3 is 2.67 bits per heavy atom. The molecule has 0 bridgehead atoms. The number of nitrogens with one attached hydrogen (secondary N) is 1. The van der Waals surface area contributed by atoms with E-state index in [1.165, 1.54) is 5.69 Å². The van der Waals surface area contributed by atoms with Crippen molar-refractivity contribution < 1.29 is 0 Å². The molecule has 0 amide bonds. The number of aryl methyl sites for hydroxylation is 2. The molecule has 7 nitrogen and oxygen atoms in total. The van der Waals surface area contributed by atoms with Crippen LogP contribution in [0.25, 0.3) is 22.2 Å². The summed E-state index contributed by atoms with van der Waals surface area (Å²) in [6.07, 6.45) is 4.11. The normalized spacial score (nSPS) is 15.8. The lowest BCUT2D eigenvalue weighted by Gasteiger charge is -2.30. The zero-order chi connectivity index (χ0) is 20.7. The molecule has 1 saturated heterocycles. The second-order valence-electron chi connectivity index (χ2n) is 8.27. The van der Waals surface area contributed by atoms with E-state index < -0.39 is 0 Å². The topological polar surface area (TPSA) is 75.5 Å². The molecule has 5 rings (SSSR count). The van der Waals surface area contributed by atoms with Gasteiger partial charge in [0.05, 0.1) is 24.0 Å². The number of H-pyrrole nitrogens is 1. The lowest BCUT2D eigenvalue weighted by molar-refractivity contribution is 0.199. The van der Waals surface area contributed by atoms with Gasteiger partial charge in [-0.2, -0.15) is 10.2 Å². The molecule has 0 unspecified atom stereocenters. The molecule has 1 N–H and O–H groups in total. The molecular formula is C23H27N7. The van der Waals surface area contributed by atoms with Crippen LogP contribution in [0.3, 0.4) is 0 Å². The highest BCUT2D eigenvalue weighted by Crippen LogP contribution is 2.30. The Morgan fingerprint density at radius 1 is 1.10 bits per heavy atom. The van der Waals surface area contributed by atoms with Gasteiger partial charge in [-0.1, -0.05) is 18.2 Å². The van der Waals surface area contributed by atoms with Crippen molar-refractivity contribution in [2.45, 2.75) is 39.2 Å². The van der Waals surface area contributed by atoms with Crippen LogP contribution in [0.2, 0.25) is 0 Å². The molecule has 3 aromatic heterocycles. The molecule has 0 atom stereocenters.